The third kappa shape index (κ3) is 5.01. The van der Waals surface area contributed by atoms with E-state index in [1.165, 1.54) is 51.7 Å². The minimum Gasteiger partial charge on any atom is -0.303 e. The van der Waals surface area contributed by atoms with Crippen molar-refractivity contribution >= 4 is 0 Å². The summed E-state index contributed by atoms with van der Waals surface area (Å²) in [5.41, 5.74) is 0.685. The minimum atomic E-state index is 0.685. The lowest BCUT2D eigenvalue weighted by atomic mass is 10.0. The van der Waals surface area contributed by atoms with E-state index >= 15 is 0 Å². The molecule has 0 radical (unpaired) electrons. The first-order valence-electron chi connectivity index (χ1n) is 6.82. The summed E-state index contributed by atoms with van der Waals surface area (Å²) < 4.78 is 0. The van der Waals surface area contributed by atoms with E-state index in [0.717, 1.165) is 5.92 Å². The van der Waals surface area contributed by atoms with Crippen molar-refractivity contribution in [3.63, 3.8) is 0 Å². The molecule has 1 nitrogen and oxygen atoms in total. The fourth-order valence-electron chi connectivity index (χ4n) is 2.30. The summed E-state index contributed by atoms with van der Waals surface area (Å²) in [6.45, 7) is 13.3. The van der Waals surface area contributed by atoms with Crippen molar-refractivity contribution in [1.82, 2.24) is 4.90 Å². The van der Waals surface area contributed by atoms with E-state index in [-0.39, 0.29) is 0 Å². The molecule has 1 rings (SSSR count). The molecule has 1 atom stereocenters. The van der Waals surface area contributed by atoms with Gasteiger partial charge in [-0.15, -0.1) is 0 Å². The molecule has 0 aromatic heterocycles. The van der Waals surface area contributed by atoms with Gasteiger partial charge in [0.15, 0.2) is 0 Å². The second-order valence-corrected chi connectivity index (χ2v) is 5.86. The fraction of sp³-hybridized carbons (Fsp3) is 1.00. The Balaban J connectivity index is 2.15. The van der Waals surface area contributed by atoms with Crippen LogP contribution in [0.3, 0.4) is 0 Å². The molecule has 0 aromatic carbocycles. The lowest BCUT2D eigenvalue weighted by molar-refractivity contribution is 0.222. The molecule has 1 saturated carbocycles. The van der Waals surface area contributed by atoms with Crippen LogP contribution in [0.25, 0.3) is 0 Å². The van der Waals surface area contributed by atoms with E-state index in [4.69, 9.17) is 0 Å². The van der Waals surface area contributed by atoms with Crippen LogP contribution in [-0.2, 0) is 0 Å². The van der Waals surface area contributed by atoms with E-state index in [9.17, 15) is 0 Å². The van der Waals surface area contributed by atoms with Crippen LogP contribution in [0.1, 0.15) is 59.8 Å². The van der Waals surface area contributed by atoms with Crippen LogP contribution in [0.15, 0.2) is 0 Å². The Morgan fingerprint density at radius 3 is 2.33 bits per heavy atom. The first-order valence-corrected chi connectivity index (χ1v) is 6.82. The Hall–Kier alpha value is -0.0400. The van der Waals surface area contributed by atoms with Crippen LogP contribution in [0.4, 0.5) is 0 Å². The summed E-state index contributed by atoms with van der Waals surface area (Å²) in [5.74, 6) is 0.913. The summed E-state index contributed by atoms with van der Waals surface area (Å²) in [5, 5.41) is 0. The summed E-state index contributed by atoms with van der Waals surface area (Å²) in [7, 11) is 0. The monoisotopic (exact) mass is 211 g/mol. The molecule has 0 aliphatic heterocycles. The molecule has 0 spiro atoms. The largest absolute Gasteiger partial charge is 0.303 e. The Bertz CT molecular complexity index is 172. The highest BCUT2D eigenvalue weighted by Crippen LogP contribution is 2.45. The van der Waals surface area contributed by atoms with Gasteiger partial charge >= 0.3 is 0 Å². The van der Waals surface area contributed by atoms with Gasteiger partial charge in [0.05, 0.1) is 0 Å². The van der Waals surface area contributed by atoms with Crippen LogP contribution in [0, 0.1) is 11.3 Å². The third-order valence-corrected chi connectivity index (χ3v) is 3.88. The van der Waals surface area contributed by atoms with Crippen LogP contribution >= 0.6 is 0 Å². The van der Waals surface area contributed by atoms with Gasteiger partial charge < -0.3 is 4.90 Å². The second kappa shape index (κ2) is 5.89. The van der Waals surface area contributed by atoms with E-state index in [1.807, 2.05) is 0 Å². The molecule has 0 heterocycles. The number of hydrogen-bond donors (Lipinski definition) is 0. The van der Waals surface area contributed by atoms with Crippen molar-refractivity contribution in [3.8, 4) is 0 Å². The van der Waals surface area contributed by atoms with Gasteiger partial charge in [-0.05, 0) is 43.7 Å². The van der Waals surface area contributed by atoms with Gasteiger partial charge in [0.2, 0.25) is 0 Å². The maximum atomic E-state index is 2.65. The minimum absolute atomic E-state index is 0.685. The number of nitrogens with zero attached hydrogens (tertiary/aromatic N) is 1. The normalized spacial score (nSPS) is 20.6. The standard InChI is InChI=1S/C14H29N/c1-5-7-13(3)8-11-15(6-2)12-14(4)9-10-14/h13H,5-12H2,1-4H3. The van der Waals surface area contributed by atoms with Crippen LogP contribution in [-0.4, -0.2) is 24.5 Å². The highest BCUT2D eigenvalue weighted by molar-refractivity contribution is 4.91. The Morgan fingerprint density at radius 1 is 1.20 bits per heavy atom. The number of rotatable bonds is 8. The average molecular weight is 211 g/mol. The van der Waals surface area contributed by atoms with Gasteiger partial charge in [-0.1, -0.05) is 40.5 Å². The Morgan fingerprint density at radius 2 is 1.87 bits per heavy atom. The quantitative estimate of drug-likeness (QED) is 0.588. The zero-order valence-electron chi connectivity index (χ0n) is 11.2. The summed E-state index contributed by atoms with van der Waals surface area (Å²) in [6, 6.07) is 0. The summed E-state index contributed by atoms with van der Waals surface area (Å²) in [4.78, 5) is 2.65. The van der Waals surface area contributed by atoms with Gasteiger partial charge in [0.1, 0.15) is 0 Å². The molecule has 1 heteroatoms. The molecule has 90 valence electrons. The molecule has 1 unspecified atom stereocenters. The van der Waals surface area contributed by atoms with Crippen molar-refractivity contribution in [2.24, 2.45) is 11.3 Å². The van der Waals surface area contributed by atoms with Crippen molar-refractivity contribution in [1.29, 1.82) is 0 Å². The molecule has 0 bridgehead atoms. The van der Waals surface area contributed by atoms with Crippen LogP contribution < -0.4 is 0 Å². The fourth-order valence-corrected chi connectivity index (χ4v) is 2.30. The van der Waals surface area contributed by atoms with E-state index < -0.39 is 0 Å². The predicted octanol–water partition coefficient (Wildman–Crippen LogP) is 3.93. The first-order chi connectivity index (χ1) is 7.09. The van der Waals surface area contributed by atoms with E-state index in [1.54, 1.807) is 0 Å². The van der Waals surface area contributed by atoms with Crippen molar-refractivity contribution < 1.29 is 0 Å². The molecule has 0 N–H and O–H groups in total. The van der Waals surface area contributed by atoms with Gasteiger partial charge in [0.25, 0.3) is 0 Å². The molecule has 1 aliphatic carbocycles. The molecular weight excluding hydrogens is 182 g/mol. The predicted molar refractivity (Wildman–Crippen MR) is 68.1 cm³/mol. The Kier molecular flexibility index (Phi) is 5.11. The maximum absolute atomic E-state index is 2.65. The topological polar surface area (TPSA) is 3.24 Å². The van der Waals surface area contributed by atoms with E-state index in [0.29, 0.717) is 5.41 Å². The molecule has 0 amide bonds. The molecular formula is C14H29N. The average Bonchev–Trinajstić information content (AvgIpc) is 2.92. The first kappa shape index (κ1) is 13.0. The SMILES string of the molecule is CCCC(C)CCN(CC)CC1(C)CC1. The molecule has 0 saturated heterocycles. The van der Waals surface area contributed by atoms with E-state index in [2.05, 4.69) is 32.6 Å². The smallest absolute Gasteiger partial charge is 0.00352 e. The zero-order chi connectivity index (χ0) is 11.3. The lowest BCUT2D eigenvalue weighted by Crippen LogP contribution is -2.31. The van der Waals surface area contributed by atoms with Gasteiger partial charge in [-0.2, -0.15) is 0 Å². The van der Waals surface area contributed by atoms with Crippen LogP contribution in [0.5, 0.6) is 0 Å². The lowest BCUT2D eigenvalue weighted by Gasteiger charge is -2.25. The van der Waals surface area contributed by atoms with Crippen molar-refractivity contribution in [2.45, 2.75) is 59.8 Å². The molecule has 0 aromatic rings. The Labute approximate surface area is 96.2 Å². The zero-order valence-corrected chi connectivity index (χ0v) is 11.2. The van der Waals surface area contributed by atoms with Crippen molar-refractivity contribution in [3.05, 3.63) is 0 Å². The highest BCUT2D eigenvalue weighted by atomic mass is 15.1. The maximum Gasteiger partial charge on any atom is 0.00352 e. The summed E-state index contributed by atoms with van der Waals surface area (Å²) in [6.07, 6.45) is 7.03. The molecule has 1 aliphatic rings. The second-order valence-electron chi connectivity index (χ2n) is 5.86. The third-order valence-electron chi connectivity index (χ3n) is 3.88. The number of hydrogen-bond acceptors (Lipinski definition) is 1. The van der Waals surface area contributed by atoms with Gasteiger partial charge in [-0.3, -0.25) is 0 Å². The van der Waals surface area contributed by atoms with Crippen molar-refractivity contribution in [2.75, 3.05) is 19.6 Å². The molecule has 1 fully saturated rings. The highest BCUT2D eigenvalue weighted by Gasteiger charge is 2.38. The van der Waals surface area contributed by atoms with Crippen LogP contribution in [0.2, 0.25) is 0 Å². The molecule has 15 heavy (non-hydrogen) atoms. The van der Waals surface area contributed by atoms with Gasteiger partial charge in [0, 0.05) is 6.54 Å². The summed E-state index contributed by atoms with van der Waals surface area (Å²) >= 11 is 0. The van der Waals surface area contributed by atoms with Gasteiger partial charge in [-0.25, -0.2) is 0 Å².